The molecule has 3 aromatic heterocycles. The van der Waals surface area contributed by atoms with E-state index in [9.17, 15) is 4.79 Å². The second-order valence-electron chi connectivity index (χ2n) is 3.50. The average molecular weight is 231 g/mol. The summed E-state index contributed by atoms with van der Waals surface area (Å²) in [6.07, 6.45) is 1.73. The summed E-state index contributed by atoms with van der Waals surface area (Å²) in [6.45, 7) is 0.532. The first-order chi connectivity index (χ1) is 7.84. The minimum Gasteiger partial charge on any atom is -0.250 e. The lowest BCUT2D eigenvalue weighted by Crippen LogP contribution is -2.21. The number of rotatable bonds is 2. The number of hydrogen-bond acceptors (Lipinski definition) is 3. The van der Waals surface area contributed by atoms with Gasteiger partial charge in [0.25, 0.3) is 0 Å². The molecule has 0 unspecified atom stereocenters. The van der Waals surface area contributed by atoms with Crippen molar-refractivity contribution in [3.8, 4) is 0 Å². The molecule has 3 rings (SSSR count). The molecule has 0 fully saturated rings. The van der Waals surface area contributed by atoms with Crippen molar-refractivity contribution < 1.29 is 0 Å². The van der Waals surface area contributed by atoms with Crippen LogP contribution in [0.3, 0.4) is 0 Å². The van der Waals surface area contributed by atoms with Crippen LogP contribution in [0.4, 0.5) is 0 Å². The highest BCUT2D eigenvalue weighted by Gasteiger charge is 2.05. The second-order valence-corrected chi connectivity index (χ2v) is 4.28. The van der Waals surface area contributed by atoms with Crippen molar-refractivity contribution in [3.63, 3.8) is 0 Å². The van der Waals surface area contributed by atoms with E-state index >= 15 is 0 Å². The van der Waals surface area contributed by atoms with Gasteiger partial charge in [0.05, 0.1) is 6.54 Å². The standard InChI is InChI=1S/C11H9N3OS/c15-11-13-5-2-1-3-10(13)12-14(11)7-9-4-6-16-8-9/h1-6,8H,7H2. The molecular formula is C11H9N3OS. The molecule has 3 heterocycles. The maximum atomic E-state index is 11.9. The summed E-state index contributed by atoms with van der Waals surface area (Å²) in [5.74, 6) is 0. The highest BCUT2D eigenvalue weighted by molar-refractivity contribution is 7.07. The van der Waals surface area contributed by atoms with Gasteiger partial charge in [-0.25, -0.2) is 9.48 Å². The van der Waals surface area contributed by atoms with Crippen LogP contribution in [0.15, 0.2) is 46.0 Å². The van der Waals surface area contributed by atoms with Crippen LogP contribution >= 0.6 is 11.3 Å². The zero-order valence-electron chi connectivity index (χ0n) is 8.41. The summed E-state index contributed by atoms with van der Waals surface area (Å²) in [4.78, 5) is 11.9. The van der Waals surface area contributed by atoms with Gasteiger partial charge in [0.1, 0.15) is 0 Å². The molecule has 16 heavy (non-hydrogen) atoms. The Morgan fingerprint density at radius 1 is 1.31 bits per heavy atom. The van der Waals surface area contributed by atoms with Crippen LogP contribution < -0.4 is 5.69 Å². The molecule has 0 aliphatic carbocycles. The molecule has 0 radical (unpaired) electrons. The molecule has 0 bridgehead atoms. The van der Waals surface area contributed by atoms with E-state index in [0.717, 1.165) is 5.56 Å². The molecule has 0 spiro atoms. The van der Waals surface area contributed by atoms with Crippen LogP contribution in [0, 0.1) is 0 Å². The van der Waals surface area contributed by atoms with Crippen molar-refractivity contribution >= 4 is 17.0 Å². The third-order valence-corrected chi connectivity index (χ3v) is 3.13. The van der Waals surface area contributed by atoms with Crippen molar-refractivity contribution in [2.75, 3.05) is 0 Å². The Labute approximate surface area is 95.4 Å². The SMILES string of the molecule is O=c1n(Cc2ccsc2)nc2ccccn12. The van der Waals surface area contributed by atoms with Gasteiger partial charge in [-0.05, 0) is 34.5 Å². The fourth-order valence-electron chi connectivity index (χ4n) is 1.63. The number of hydrogen-bond donors (Lipinski definition) is 0. The lowest BCUT2D eigenvalue weighted by molar-refractivity contribution is 0.660. The number of aromatic nitrogens is 3. The summed E-state index contributed by atoms with van der Waals surface area (Å²) in [6, 6.07) is 7.52. The Hall–Kier alpha value is -1.88. The minimum atomic E-state index is -0.0956. The van der Waals surface area contributed by atoms with Gasteiger partial charge in [-0.2, -0.15) is 11.3 Å². The van der Waals surface area contributed by atoms with Gasteiger partial charge >= 0.3 is 5.69 Å². The number of nitrogens with zero attached hydrogens (tertiary/aromatic N) is 3. The normalized spacial score (nSPS) is 11.0. The van der Waals surface area contributed by atoms with Gasteiger partial charge in [0.2, 0.25) is 0 Å². The molecule has 0 N–H and O–H groups in total. The first kappa shape index (κ1) is 9.35. The first-order valence-electron chi connectivity index (χ1n) is 4.90. The van der Waals surface area contributed by atoms with Crippen LogP contribution in [0.25, 0.3) is 5.65 Å². The fourth-order valence-corrected chi connectivity index (χ4v) is 2.29. The summed E-state index contributed by atoms with van der Waals surface area (Å²) in [5, 5.41) is 8.28. The van der Waals surface area contributed by atoms with E-state index in [1.165, 1.54) is 4.68 Å². The fraction of sp³-hybridized carbons (Fsp3) is 0.0909. The topological polar surface area (TPSA) is 39.3 Å². The van der Waals surface area contributed by atoms with Crippen LogP contribution in [0.2, 0.25) is 0 Å². The molecule has 0 aliphatic rings. The van der Waals surface area contributed by atoms with Gasteiger partial charge in [-0.3, -0.25) is 4.40 Å². The zero-order chi connectivity index (χ0) is 11.0. The Kier molecular flexibility index (Phi) is 2.11. The van der Waals surface area contributed by atoms with Crippen molar-refractivity contribution in [2.45, 2.75) is 6.54 Å². The maximum absolute atomic E-state index is 11.9. The van der Waals surface area contributed by atoms with Crippen molar-refractivity contribution in [1.29, 1.82) is 0 Å². The number of thiophene rings is 1. The molecular weight excluding hydrogens is 222 g/mol. The van der Waals surface area contributed by atoms with Crippen LogP contribution in [0.5, 0.6) is 0 Å². The molecule has 0 aliphatic heterocycles. The third-order valence-electron chi connectivity index (χ3n) is 2.40. The van der Waals surface area contributed by atoms with Crippen LogP contribution in [0.1, 0.15) is 5.56 Å². The van der Waals surface area contributed by atoms with E-state index in [1.54, 1.807) is 21.9 Å². The van der Waals surface area contributed by atoms with Gasteiger partial charge in [0, 0.05) is 6.20 Å². The Balaban J connectivity index is 2.11. The number of fused-ring (bicyclic) bond motifs is 1. The Bertz CT molecular complexity index is 666. The molecule has 5 heteroatoms. The predicted molar refractivity (Wildman–Crippen MR) is 62.9 cm³/mol. The molecule has 0 saturated heterocycles. The van der Waals surface area contributed by atoms with Gasteiger partial charge < -0.3 is 0 Å². The molecule has 3 aromatic rings. The third kappa shape index (κ3) is 1.45. The average Bonchev–Trinajstić information content (AvgIpc) is 2.90. The highest BCUT2D eigenvalue weighted by Crippen LogP contribution is 2.06. The second kappa shape index (κ2) is 3.61. The van der Waals surface area contributed by atoms with E-state index < -0.39 is 0 Å². The Morgan fingerprint density at radius 2 is 2.25 bits per heavy atom. The molecule has 0 aromatic carbocycles. The lowest BCUT2D eigenvalue weighted by atomic mass is 10.3. The molecule has 0 amide bonds. The van der Waals surface area contributed by atoms with Gasteiger partial charge in [0.15, 0.2) is 5.65 Å². The summed E-state index contributed by atoms with van der Waals surface area (Å²) in [5.41, 5.74) is 1.69. The monoisotopic (exact) mass is 231 g/mol. The Morgan fingerprint density at radius 3 is 3.00 bits per heavy atom. The molecule has 0 atom stereocenters. The minimum absolute atomic E-state index is 0.0956. The van der Waals surface area contributed by atoms with Gasteiger partial charge in [-0.15, -0.1) is 5.10 Å². The van der Waals surface area contributed by atoms with E-state index in [1.807, 2.05) is 35.0 Å². The van der Waals surface area contributed by atoms with E-state index in [0.29, 0.717) is 12.2 Å². The molecule has 80 valence electrons. The summed E-state index contributed by atoms with van der Waals surface area (Å²) in [7, 11) is 0. The van der Waals surface area contributed by atoms with E-state index in [2.05, 4.69) is 5.10 Å². The molecule has 0 saturated carbocycles. The van der Waals surface area contributed by atoms with Crippen molar-refractivity contribution in [1.82, 2.24) is 14.2 Å². The molecule has 4 nitrogen and oxygen atoms in total. The van der Waals surface area contributed by atoms with Gasteiger partial charge in [-0.1, -0.05) is 6.07 Å². The quantitative estimate of drug-likeness (QED) is 0.672. The maximum Gasteiger partial charge on any atom is 0.350 e. The first-order valence-corrected chi connectivity index (χ1v) is 5.84. The van der Waals surface area contributed by atoms with E-state index in [-0.39, 0.29) is 5.69 Å². The van der Waals surface area contributed by atoms with Crippen molar-refractivity contribution in [3.05, 3.63) is 57.3 Å². The summed E-state index contributed by atoms with van der Waals surface area (Å²) < 4.78 is 3.03. The van der Waals surface area contributed by atoms with Crippen LogP contribution in [-0.4, -0.2) is 14.2 Å². The highest BCUT2D eigenvalue weighted by atomic mass is 32.1. The summed E-state index contributed by atoms with van der Waals surface area (Å²) >= 11 is 1.62. The number of pyridine rings is 1. The predicted octanol–water partition coefficient (Wildman–Crippen LogP) is 1.61. The van der Waals surface area contributed by atoms with Crippen LogP contribution in [-0.2, 0) is 6.54 Å². The smallest absolute Gasteiger partial charge is 0.250 e. The lowest BCUT2D eigenvalue weighted by Gasteiger charge is -1.94. The largest absolute Gasteiger partial charge is 0.350 e. The van der Waals surface area contributed by atoms with Crippen molar-refractivity contribution in [2.24, 2.45) is 0 Å². The van der Waals surface area contributed by atoms with E-state index in [4.69, 9.17) is 0 Å². The zero-order valence-corrected chi connectivity index (χ0v) is 9.22.